The number of rotatable bonds is 6. The molecule has 0 unspecified atom stereocenters. The van der Waals surface area contributed by atoms with Crippen LogP contribution in [0.4, 0.5) is 5.69 Å². The predicted octanol–water partition coefficient (Wildman–Crippen LogP) is 7.00. The van der Waals surface area contributed by atoms with Crippen molar-refractivity contribution in [2.75, 3.05) is 5.32 Å². The summed E-state index contributed by atoms with van der Waals surface area (Å²) in [5, 5.41) is 4.08. The van der Waals surface area contributed by atoms with Gasteiger partial charge < -0.3 is 5.32 Å². The minimum Gasteiger partial charge on any atom is -0.358 e. The van der Waals surface area contributed by atoms with E-state index in [1.165, 1.54) is 0 Å². The SMILES string of the molecule is C/C(=C/C(=O)c1ccccc1)Nc1ccccc1Sc1c(C)cccc1Cl. The van der Waals surface area contributed by atoms with Crippen LogP contribution in [0.25, 0.3) is 0 Å². The molecule has 0 saturated carbocycles. The molecule has 27 heavy (non-hydrogen) atoms. The standard InChI is InChI=1S/C23H20ClNOS/c1-16-9-8-12-19(24)23(16)27-22-14-7-6-13-20(22)25-17(2)15-21(26)18-10-4-3-5-11-18/h3-15,25H,1-2H3/b17-15-. The summed E-state index contributed by atoms with van der Waals surface area (Å²) in [6.07, 6.45) is 1.62. The highest BCUT2D eigenvalue weighted by molar-refractivity contribution is 7.99. The minimum atomic E-state index is -0.0207. The minimum absolute atomic E-state index is 0.0207. The van der Waals surface area contributed by atoms with Crippen LogP contribution in [-0.4, -0.2) is 5.78 Å². The second-order valence-electron chi connectivity index (χ2n) is 6.17. The van der Waals surface area contributed by atoms with Crippen LogP contribution >= 0.6 is 23.4 Å². The van der Waals surface area contributed by atoms with Crippen molar-refractivity contribution in [2.45, 2.75) is 23.6 Å². The second kappa shape index (κ2) is 8.94. The van der Waals surface area contributed by atoms with Crippen LogP contribution in [0.3, 0.4) is 0 Å². The Kier molecular flexibility index (Phi) is 6.38. The third-order valence-electron chi connectivity index (χ3n) is 4.00. The molecule has 0 aliphatic heterocycles. The van der Waals surface area contributed by atoms with Gasteiger partial charge in [-0.05, 0) is 37.6 Å². The number of carbonyl (C=O) groups excluding carboxylic acids is 1. The molecule has 0 bridgehead atoms. The van der Waals surface area contributed by atoms with Crippen molar-refractivity contribution in [1.82, 2.24) is 0 Å². The monoisotopic (exact) mass is 393 g/mol. The van der Waals surface area contributed by atoms with E-state index in [4.69, 9.17) is 11.6 Å². The molecule has 0 saturated heterocycles. The molecule has 0 aliphatic rings. The molecule has 0 amide bonds. The fourth-order valence-corrected chi connectivity index (χ4v) is 3.97. The van der Waals surface area contributed by atoms with E-state index in [-0.39, 0.29) is 5.78 Å². The van der Waals surface area contributed by atoms with Crippen molar-refractivity contribution in [2.24, 2.45) is 0 Å². The largest absolute Gasteiger partial charge is 0.358 e. The normalized spacial score (nSPS) is 11.3. The fourth-order valence-electron chi connectivity index (χ4n) is 2.65. The van der Waals surface area contributed by atoms with E-state index in [1.807, 2.05) is 86.6 Å². The fraction of sp³-hybridized carbons (Fsp3) is 0.0870. The van der Waals surface area contributed by atoms with Crippen LogP contribution in [-0.2, 0) is 0 Å². The molecule has 3 aromatic carbocycles. The van der Waals surface area contributed by atoms with Crippen molar-refractivity contribution in [1.29, 1.82) is 0 Å². The molecule has 2 nitrogen and oxygen atoms in total. The van der Waals surface area contributed by atoms with Crippen molar-refractivity contribution < 1.29 is 4.79 Å². The Hall–Kier alpha value is -2.49. The van der Waals surface area contributed by atoms with Crippen molar-refractivity contribution in [3.8, 4) is 0 Å². The number of hydrogen-bond donors (Lipinski definition) is 1. The first kappa shape index (κ1) is 19.3. The van der Waals surface area contributed by atoms with Gasteiger partial charge in [-0.1, -0.05) is 78.0 Å². The molecular weight excluding hydrogens is 374 g/mol. The predicted molar refractivity (Wildman–Crippen MR) is 115 cm³/mol. The summed E-state index contributed by atoms with van der Waals surface area (Å²) in [5.74, 6) is -0.0207. The van der Waals surface area contributed by atoms with E-state index in [2.05, 4.69) is 5.32 Å². The first-order chi connectivity index (χ1) is 13.0. The molecule has 0 aromatic heterocycles. The molecule has 0 heterocycles. The lowest BCUT2D eigenvalue weighted by Gasteiger charge is -2.14. The topological polar surface area (TPSA) is 29.1 Å². The van der Waals surface area contributed by atoms with Gasteiger partial charge in [0.1, 0.15) is 0 Å². The van der Waals surface area contributed by atoms with Crippen LogP contribution in [0.15, 0.2) is 94.4 Å². The first-order valence-electron chi connectivity index (χ1n) is 8.61. The van der Waals surface area contributed by atoms with Gasteiger partial charge in [0.2, 0.25) is 0 Å². The van der Waals surface area contributed by atoms with Gasteiger partial charge >= 0.3 is 0 Å². The van der Waals surface area contributed by atoms with Crippen molar-refractivity contribution in [3.05, 3.63) is 101 Å². The first-order valence-corrected chi connectivity index (χ1v) is 9.81. The van der Waals surface area contributed by atoms with E-state index >= 15 is 0 Å². The summed E-state index contributed by atoms with van der Waals surface area (Å²) in [4.78, 5) is 14.5. The summed E-state index contributed by atoms with van der Waals surface area (Å²) in [7, 11) is 0. The number of allylic oxidation sites excluding steroid dienone is 2. The average molecular weight is 394 g/mol. The summed E-state index contributed by atoms with van der Waals surface area (Å²) in [6.45, 7) is 3.94. The summed E-state index contributed by atoms with van der Waals surface area (Å²) in [6, 6.07) is 23.2. The molecule has 1 N–H and O–H groups in total. The maximum Gasteiger partial charge on any atom is 0.187 e. The Bertz CT molecular complexity index is 962. The molecular formula is C23H20ClNOS. The van der Waals surface area contributed by atoms with Crippen molar-refractivity contribution in [3.63, 3.8) is 0 Å². The summed E-state index contributed by atoms with van der Waals surface area (Å²) < 4.78 is 0. The van der Waals surface area contributed by atoms with Gasteiger partial charge in [0.05, 0.1) is 10.7 Å². The smallest absolute Gasteiger partial charge is 0.187 e. The quantitative estimate of drug-likeness (QED) is 0.361. The number of ketones is 1. The zero-order chi connectivity index (χ0) is 19.2. The molecule has 0 aliphatic carbocycles. The molecule has 0 fully saturated rings. The number of benzene rings is 3. The Morgan fingerprint density at radius 2 is 1.67 bits per heavy atom. The van der Waals surface area contributed by atoms with Gasteiger partial charge in [0.25, 0.3) is 0 Å². The molecule has 3 aromatic rings. The zero-order valence-electron chi connectivity index (χ0n) is 15.2. The molecule has 4 heteroatoms. The number of halogens is 1. The van der Waals surface area contributed by atoms with Crippen LogP contribution in [0.1, 0.15) is 22.8 Å². The van der Waals surface area contributed by atoms with Gasteiger partial charge in [-0.3, -0.25) is 4.79 Å². The Morgan fingerprint density at radius 3 is 2.41 bits per heavy atom. The van der Waals surface area contributed by atoms with Gasteiger partial charge in [0, 0.05) is 27.1 Å². The van der Waals surface area contributed by atoms with Crippen molar-refractivity contribution >= 4 is 34.8 Å². The number of carbonyl (C=O) groups is 1. The van der Waals surface area contributed by atoms with Gasteiger partial charge in [0.15, 0.2) is 5.78 Å². The highest BCUT2D eigenvalue weighted by atomic mass is 35.5. The Morgan fingerprint density at radius 1 is 0.963 bits per heavy atom. The van der Waals surface area contributed by atoms with Gasteiger partial charge in [-0.15, -0.1) is 0 Å². The van der Waals surface area contributed by atoms with Crippen LogP contribution in [0.5, 0.6) is 0 Å². The van der Waals surface area contributed by atoms with Crippen LogP contribution in [0, 0.1) is 6.92 Å². The van der Waals surface area contributed by atoms with E-state index in [0.717, 1.165) is 31.8 Å². The molecule has 0 atom stereocenters. The lowest BCUT2D eigenvalue weighted by atomic mass is 10.1. The lowest BCUT2D eigenvalue weighted by Crippen LogP contribution is -2.02. The second-order valence-corrected chi connectivity index (χ2v) is 7.63. The molecule has 3 rings (SSSR count). The van der Waals surface area contributed by atoms with Crippen LogP contribution in [0.2, 0.25) is 5.02 Å². The maximum atomic E-state index is 12.4. The summed E-state index contributed by atoms with van der Waals surface area (Å²) in [5.41, 5.74) is 3.53. The van der Waals surface area contributed by atoms with Gasteiger partial charge in [-0.25, -0.2) is 0 Å². The van der Waals surface area contributed by atoms with E-state index in [1.54, 1.807) is 17.8 Å². The highest BCUT2D eigenvalue weighted by Crippen LogP contribution is 2.39. The number of anilines is 1. The zero-order valence-corrected chi connectivity index (χ0v) is 16.8. The maximum absolute atomic E-state index is 12.4. The van der Waals surface area contributed by atoms with Crippen LogP contribution < -0.4 is 5.32 Å². The van der Waals surface area contributed by atoms with Gasteiger partial charge in [-0.2, -0.15) is 0 Å². The lowest BCUT2D eigenvalue weighted by molar-refractivity contribution is 0.104. The number of hydrogen-bond acceptors (Lipinski definition) is 3. The third kappa shape index (κ3) is 5.03. The van der Waals surface area contributed by atoms with E-state index in [0.29, 0.717) is 5.56 Å². The summed E-state index contributed by atoms with van der Waals surface area (Å²) >= 11 is 8.00. The Labute approximate surface area is 169 Å². The average Bonchev–Trinajstić information content (AvgIpc) is 2.66. The number of aryl methyl sites for hydroxylation is 1. The highest BCUT2D eigenvalue weighted by Gasteiger charge is 2.10. The molecule has 0 radical (unpaired) electrons. The molecule has 0 spiro atoms. The molecule has 136 valence electrons. The number of nitrogens with one attached hydrogen (secondary N) is 1. The Balaban J connectivity index is 1.82. The number of para-hydroxylation sites is 1. The van der Waals surface area contributed by atoms with E-state index < -0.39 is 0 Å². The third-order valence-corrected chi connectivity index (χ3v) is 5.75. The van der Waals surface area contributed by atoms with E-state index in [9.17, 15) is 4.79 Å².